The molecule has 2 amide bonds. The molecular formula is C42H54N6O5S. The Bertz CT molecular complexity index is 2010. The lowest BCUT2D eigenvalue weighted by Crippen LogP contribution is -2.60. The molecule has 5 heterocycles. The van der Waals surface area contributed by atoms with Crippen molar-refractivity contribution in [2.24, 2.45) is 17.3 Å². The van der Waals surface area contributed by atoms with E-state index < -0.39 is 17.5 Å². The van der Waals surface area contributed by atoms with Crippen LogP contribution in [0.3, 0.4) is 0 Å². The Morgan fingerprint density at radius 3 is 2.72 bits per heavy atom. The molecule has 54 heavy (non-hydrogen) atoms. The Kier molecular flexibility index (Phi) is 11.2. The fraction of sp³-hybridized carbons (Fsp3) is 0.548. The number of ether oxygens (including phenoxy) is 2. The van der Waals surface area contributed by atoms with Gasteiger partial charge in [0, 0.05) is 71.6 Å². The first-order valence-corrected chi connectivity index (χ1v) is 20.5. The molecule has 3 aromatic heterocycles. The van der Waals surface area contributed by atoms with Crippen molar-refractivity contribution >= 4 is 40.0 Å². The highest BCUT2D eigenvalue weighted by atomic mass is 32.1. The molecule has 6 bridgehead atoms. The van der Waals surface area contributed by atoms with E-state index in [1.54, 1.807) is 7.11 Å². The van der Waals surface area contributed by atoms with E-state index in [2.05, 4.69) is 67.3 Å². The van der Waals surface area contributed by atoms with Crippen molar-refractivity contribution in [3.05, 3.63) is 58.2 Å². The molecule has 12 heteroatoms. The molecule has 1 aliphatic carbocycles. The molecule has 3 atom stereocenters. The summed E-state index contributed by atoms with van der Waals surface area (Å²) in [6.07, 6.45) is 7.31. The van der Waals surface area contributed by atoms with E-state index in [-0.39, 0.29) is 42.8 Å². The zero-order valence-electron chi connectivity index (χ0n) is 32.4. The van der Waals surface area contributed by atoms with Crippen molar-refractivity contribution in [1.29, 1.82) is 0 Å². The Morgan fingerprint density at radius 1 is 1.17 bits per heavy atom. The Hall–Kier alpha value is -4.13. The van der Waals surface area contributed by atoms with E-state index >= 15 is 0 Å². The van der Waals surface area contributed by atoms with Crippen LogP contribution in [0, 0.1) is 17.3 Å². The summed E-state index contributed by atoms with van der Waals surface area (Å²) in [4.78, 5) is 51.4. The number of fused-ring (bicyclic) bond motifs is 6. The van der Waals surface area contributed by atoms with Crippen LogP contribution in [-0.4, -0.2) is 69.7 Å². The largest absolute Gasteiger partial charge is 0.464 e. The molecule has 0 spiro atoms. The van der Waals surface area contributed by atoms with Gasteiger partial charge in [0.15, 0.2) is 0 Å². The summed E-state index contributed by atoms with van der Waals surface area (Å²) in [7, 11) is 1.70. The van der Waals surface area contributed by atoms with E-state index in [0.29, 0.717) is 31.7 Å². The number of aryl methyl sites for hydroxylation is 1. The highest BCUT2D eigenvalue weighted by molar-refractivity contribution is 7.10. The fourth-order valence-electron chi connectivity index (χ4n) is 8.38. The number of pyridine rings is 1. The molecule has 2 N–H and O–H groups in total. The van der Waals surface area contributed by atoms with E-state index in [1.165, 1.54) is 16.3 Å². The standard InChI is InChI=1S/C42H54N6O5S/c1-7-47-35-17-16-28-20-30(35)31(38(47)29-10-8-18-43-37(29)26(3)52-6)22-42(4,5)24-53-41(51)32-11-9-19-48(46-32)40(50)33(21-36-44-34(28)23-54-36)45-39(49)27-14-12-25(2)13-15-27/h8,10,16-18,20,23,25-27,32-33,46H,7,9,11-15,19,21-22,24H2,1-6H3,(H,45,49)/t25-,26-,27-,32-,33-/m0/s1. The van der Waals surface area contributed by atoms with E-state index in [9.17, 15) is 14.4 Å². The number of carbonyl (C=O) groups excluding carboxylic acids is 3. The van der Waals surface area contributed by atoms with Crippen LogP contribution in [0.15, 0.2) is 41.9 Å². The van der Waals surface area contributed by atoms with Gasteiger partial charge in [-0.2, -0.15) is 0 Å². The number of nitrogens with one attached hydrogen (secondary N) is 2. The van der Waals surface area contributed by atoms with Crippen LogP contribution in [0.5, 0.6) is 0 Å². The van der Waals surface area contributed by atoms with Gasteiger partial charge in [0.1, 0.15) is 12.1 Å². The first-order valence-electron chi connectivity index (χ1n) is 19.6. The zero-order chi connectivity index (χ0) is 38.1. The smallest absolute Gasteiger partial charge is 0.324 e. The fourth-order valence-corrected chi connectivity index (χ4v) is 9.23. The quantitative estimate of drug-likeness (QED) is 0.201. The van der Waals surface area contributed by atoms with Crippen LogP contribution in [0.4, 0.5) is 0 Å². The maximum absolute atomic E-state index is 14.2. The molecule has 4 aromatic rings. The summed E-state index contributed by atoms with van der Waals surface area (Å²) in [5.74, 6) is -0.239. The summed E-state index contributed by atoms with van der Waals surface area (Å²) in [5, 5.41) is 8.54. The van der Waals surface area contributed by atoms with Gasteiger partial charge >= 0.3 is 5.97 Å². The second kappa shape index (κ2) is 15.9. The minimum atomic E-state index is -0.825. The van der Waals surface area contributed by atoms with Crippen molar-refractivity contribution < 1.29 is 23.9 Å². The van der Waals surface area contributed by atoms with Gasteiger partial charge in [-0.05, 0) is 94.5 Å². The average Bonchev–Trinajstić information content (AvgIpc) is 3.77. The van der Waals surface area contributed by atoms with Gasteiger partial charge in [-0.25, -0.2) is 10.4 Å². The molecule has 3 aliphatic rings. The minimum Gasteiger partial charge on any atom is -0.464 e. The maximum Gasteiger partial charge on any atom is 0.324 e. The minimum absolute atomic E-state index is 0.0831. The predicted molar refractivity (Wildman–Crippen MR) is 210 cm³/mol. The molecule has 288 valence electrons. The topological polar surface area (TPSA) is 128 Å². The molecule has 11 nitrogen and oxygen atoms in total. The average molecular weight is 755 g/mol. The van der Waals surface area contributed by atoms with Crippen LogP contribution in [0.2, 0.25) is 0 Å². The molecule has 1 saturated carbocycles. The highest BCUT2D eigenvalue weighted by Gasteiger charge is 2.37. The van der Waals surface area contributed by atoms with E-state index in [1.807, 2.05) is 24.6 Å². The van der Waals surface area contributed by atoms with Crippen molar-refractivity contribution in [1.82, 2.24) is 30.3 Å². The Morgan fingerprint density at radius 2 is 1.96 bits per heavy atom. The molecule has 0 radical (unpaired) electrons. The SMILES string of the molecule is CCn1c(-c2cccnc2[C@H](C)OC)c2c3cc(ccc31)-c1csc(n1)C[C@H](NC(=O)[C@H]1CC[C@H](C)CC1)C(=O)N1CCC[C@H](N1)C(=O)OCC(C)(C)C2. The molecule has 7 rings (SSSR count). The predicted octanol–water partition coefficient (Wildman–Crippen LogP) is 7.03. The lowest BCUT2D eigenvalue weighted by atomic mass is 9.82. The number of esters is 1. The molecule has 2 fully saturated rings. The van der Waals surface area contributed by atoms with Crippen molar-refractivity contribution in [2.75, 3.05) is 20.3 Å². The highest BCUT2D eigenvalue weighted by Crippen LogP contribution is 2.42. The number of hydrazine groups is 1. The monoisotopic (exact) mass is 754 g/mol. The Balaban J connectivity index is 1.33. The van der Waals surface area contributed by atoms with Crippen LogP contribution in [0.25, 0.3) is 33.4 Å². The number of amides is 2. The van der Waals surface area contributed by atoms with Crippen molar-refractivity contribution in [3.63, 3.8) is 0 Å². The third-order valence-electron chi connectivity index (χ3n) is 11.5. The van der Waals surface area contributed by atoms with E-state index in [4.69, 9.17) is 19.4 Å². The lowest BCUT2D eigenvalue weighted by molar-refractivity contribution is -0.155. The number of benzene rings is 1. The van der Waals surface area contributed by atoms with Crippen molar-refractivity contribution in [3.8, 4) is 22.5 Å². The van der Waals surface area contributed by atoms with Gasteiger partial charge in [0.05, 0.1) is 34.8 Å². The van der Waals surface area contributed by atoms with Gasteiger partial charge in [-0.15, -0.1) is 11.3 Å². The summed E-state index contributed by atoms with van der Waals surface area (Å²) in [6.45, 7) is 12.0. The summed E-state index contributed by atoms with van der Waals surface area (Å²) >= 11 is 1.50. The van der Waals surface area contributed by atoms with Crippen LogP contribution in [0.1, 0.15) is 95.5 Å². The molecule has 2 aliphatic heterocycles. The number of cyclic esters (lactones) is 1. The van der Waals surface area contributed by atoms with Gasteiger partial charge in [0.2, 0.25) is 5.91 Å². The maximum atomic E-state index is 14.2. The number of hydrogen-bond donors (Lipinski definition) is 2. The normalized spacial score (nSPS) is 24.1. The zero-order valence-corrected chi connectivity index (χ0v) is 33.3. The second-order valence-electron chi connectivity index (χ2n) is 16.2. The third kappa shape index (κ3) is 7.83. The van der Waals surface area contributed by atoms with E-state index in [0.717, 1.165) is 81.9 Å². The summed E-state index contributed by atoms with van der Waals surface area (Å²) in [6, 6.07) is 9.09. The molecule has 1 saturated heterocycles. The molecule has 1 aromatic carbocycles. The Labute approximate surface area is 322 Å². The van der Waals surface area contributed by atoms with Crippen LogP contribution in [-0.2, 0) is 43.2 Å². The number of methoxy groups -OCH3 is 1. The second-order valence-corrected chi connectivity index (χ2v) is 17.2. The van der Waals surface area contributed by atoms with Crippen LogP contribution >= 0.6 is 11.3 Å². The lowest BCUT2D eigenvalue weighted by Gasteiger charge is -2.36. The number of aromatic nitrogens is 3. The van der Waals surface area contributed by atoms with Gasteiger partial charge in [-0.3, -0.25) is 24.4 Å². The molecular weight excluding hydrogens is 701 g/mol. The number of hydrogen-bond acceptors (Lipinski definition) is 9. The van der Waals surface area contributed by atoms with Crippen molar-refractivity contribution in [2.45, 2.75) is 111 Å². The van der Waals surface area contributed by atoms with Gasteiger partial charge in [0.25, 0.3) is 5.91 Å². The van der Waals surface area contributed by atoms with Gasteiger partial charge in [-0.1, -0.05) is 26.8 Å². The summed E-state index contributed by atoms with van der Waals surface area (Å²) in [5.41, 5.74) is 9.73. The number of nitrogens with zero attached hydrogens (tertiary/aromatic N) is 4. The van der Waals surface area contributed by atoms with Crippen LogP contribution < -0.4 is 10.7 Å². The molecule has 0 unspecified atom stereocenters. The van der Waals surface area contributed by atoms with Gasteiger partial charge < -0.3 is 19.4 Å². The number of rotatable bonds is 6. The first-order chi connectivity index (χ1) is 26.0. The first kappa shape index (κ1) is 38.2. The third-order valence-corrected chi connectivity index (χ3v) is 12.4. The summed E-state index contributed by atoms with van der Waals surface area (Å²) < 4.78 is 14.2. The number of carbonyl (C=O) groups is 3. The number of thiazole rings is 1.